The van der Waals surface area contributed by atoms with Gasteiger partial charge in [0.25, 0.3) is 0 Å². The molecule has 0 N–H and O–H groups in total. The molecular formula is C40H70I2NO9P5V. The third-order valence-corrected chi connectivity index (χ3v) is 12.2. The van der Waals surface area contributed by atoms with Gasteiger partial charge in [0.05, 0.1) is 55.9 Å². The summed E-state index contributed by atoms with van der Waals surface area (Å²) < 4.78 is 39.0. The summed E-state index contributed by atoms with van der Waals surface area (Å²) in [5, 5.41) is 0. The van der Waals surface area contributed by atoms with E-state index in [1.165, 1.54) is 5.57 Å². The van der Waals surface area contributed by atoms with Gasteiger partial charge in [0, 0.05) is 66.2 Å². The number of amides is 1. The number of ether oxygens (including phenoxy) is 2. The van der Waals surface area contributed by atoms with E-state index in [-0.39, 0.29) is 66.5 Å². The van der Waals surface area contributed by atoms with Crippen molar-refractivity contribution in [2.75, 3.05) is 20.3 Å². The summed E-state index contributed by atoms with van der Waals surface area (Å²) in [4.78, 5) is 25.7. The topological polar surface area (TPSA) is 102 Å². The minimum absolute atomic E-state index is 0.0305. The summed E-state index contributed by atoms with van der Waals surface area (Å²) in [5.41, 5.74) is 3.37. The van der Waals surface area contributed by atoms with Gasteiger partial charge in [-0.2, -0.15) is 0 Å². The van der Waals surface area contributed by atoms with Crippen LogP contribution in [-0.4, -0.2) is 80.0 Å². The van der Waals surface area contributed by atoms with Crippen molar-refractivity contribution in [3.05, 3.63) is 60.2 Å². The summed E-state index contributed by atoms with van der Waals surface area (Å²) in [6.07, 6.45) is 12.1. The standard InChI is InChI=1S/C25H42NO5P3.C15H28O4P2.2HI.V/c1-17-15-21(11-8-14-28-32)29-23(17)13-12-22(30-33)16-18(2)25(27)26(4)19(3)24(31-34)20-9-6-5-7-10-20;1-11(10-16)8-14(19-21)5-6-15-12(2)9-13(18-15)4-3-7-17-20;;;/h5-7,9-10,18-19,21-24H,1,8,11-16,32-34H2,2-4H3;10-11,13-15H,2-9,20-21H2,1H3;2*1H;/q;;;;+2/p-2/t18-,19-,21+,22-,23+,24+;11-,13+,14-,15+;;;/m11.../s1. The number of aldehydes is 1. The number of halogens is 2. The van der Waals surface area contributed by atoms with Crippen LogP contribution in [0.3, 0.4) is 0 Å². The third-order valence-electron chi connectivity index (χ3n) is 10.6. The zero-order valence-corrected chi connectivity index (χ0v) is 46.2. The molecule has 1 aromatic carbocycles. The summed E-state index contributed by atoms with van der Waals surface area (Å²) >= 11 is 4.74. The van der Waals surface area contributed by atoms with Crippen molar-refractivity contribution < 1.29 is 51.1 Å². The van der Waals surface area contributed by atoms with Gasteiger partial charge in [0.15, 0.2) is 0 Å². The molecule has 15 atom stereocenters. The molecule has 3 rings (SSSR count). The van der Waals surface area contributed by atoms with E-state index >= 15 is 0 Å². The number of rotatable bonds is 26. The number of nitrogens with zero attached hydrogens (tertiary/aromatic N) is 1. The van der Waals surface area contributed by atoms with Crippen molar-refractivity contribution in [3.8, 4) is 0 Å². The molecular weight excluding hydrogens is 1100 g/mol. The van der Waals surface area contributed by atoms with Gasteiger partial charge in [-0.25, -0.2) is 0 Å². The molecule has 0 spiro atoms. The van der Waals surface area contributed by atoms with Crippen molar-refractivity contribution in [1.29, 1.82) is 0 Å². The van der Waals surface area contributed by atoms with Crippen LogP contribution in [0.4, 0.5) is 0 Å². The summed E-state index contributed by atoms with van der Waals surface area (Å²) in [6.45, 7) is 15.7. The first kappa shape index (κ1) is 57.8. The SMILES string of the molecule is C=C1C[C@H](CCCOP)O[C@H]1CC[C@H](C[C@@H](C)C(=O)N(C)[C@H](C)[C@H](OP)c1ccccc1)OP.C=C1C[C@H](CCCOP)O[C@H]1CC[C@H](C[C@@H](C)C=O)OP.[I][V][I]. The van der Waals surface area contributed by atoms with Gasteiger partial charge >= 0.3 is 49.4 Å². The normalized spacial score (nSPS) is 22.1. The first-order chi connectivity index (χ1) is 27.8. The number of likely N-dealkylation sites (N-methyl/N-ethyl adjacent to an activating group) is 1. The maximum atomic E-state index is 13.2. The van der Waals surface area contributed by atoms with Crippen LogP contribution in [-0.2, 0) is 51.1 Å². The molecule has 333 valence electrons. The van der Waals surface area contributed by atoms with Crippen molar-refractivity contribution >= 4 is 99.5 Å². The summed E-state index contributed by atoms with van der Waals surface area (Å²) in [6, 6.07) is 9.85. The molecule has 2 saturated heterocycles. The molecule has 0 bridgehead atoms. The molecule has 1 aromatic rings. The van der Waals surface area contributed by atoms with Crippen LogP contribution in [0.2, 0.25) is 0 Å². The second-order valence-corrected chi connectivity index (χ2v) is 28.4. The van der Waals surface area contributed by atoms with Gasteiger partial charge in [0.1, 0.15) is 12.4 Å². The fourth-order valence-corrected chi connectivity index (χ4v) is 8.47. The van der Waals surface area contributed by atoms with E-state index in [4.69, 9.17) is 32.1 Å². The van der Waals surface area contributed by atoms with E-state index < -0.39 is 0 Å². The van der Waals surface area contributed by atoms with Crippen molar-refractivity contribution in [1.82, 2.24) is 4.90 Å². The van der Waals surface area contributed by atoms with E-state index in [1.54, 1.807) is 4.90 Å². The van der Waals surface area contributed by atoms with Crippen molar-refractivity contribution in [2.45, 2.75) is 147 Å². The van der Waals surface area contributed by atoms with Crippen LogP contribution in [0, 0.1) is 11.8 Å². The second-order valence-electron chi connectivity index (χ2n) is 15.1. The summed E-state index contributed by atoms with van der Waals surface area (Å²) in [7, 11) is 14.0. The molecule has 2 fully saturated rings. The zero-order valence-electron chi connectivity index (χ0n) is 34.8. The number of benzene rings is 1. The Morgan fingerprint density at radius 2 is 1.29 bits per heavy atom. The van der Waals surface area contributed by atoms with E-state index in [9.17, 15) is 9.59 Å². The molecule has 5 unspecified atom stereocenters. The van der Waals surface area contributed by atoms with Gasteiger partial charge in [-0.1, -0.05) is 57.3 Å². The molecule has 2 aliphatic rings. The molecule has 0 radical (unpaired) electrons. The van der Waals surface area contributed by atoms with Crippen LogP contribution in [0.5, 0.6) is 0 Å². The first-order valence-electron chi connectivity index (χ1n) is 19.9. The van der Waals surface area contributed by atoms with Crippen LogP contribution in [0.15, 0.2) is 54.6 Å². The molecule has 2 heterocycles. The van der Waals surface area contributed by atoms with E-state index in [0.717, 1.165) is 101 Å². The third kappa shape index (κ3) is 23.1. The Morgan fingerprint density at radius 3 is 1.71 bits per heavy atom. The van der Waals surface area contributed by atoms with E-state index in [1.807, 2.05) is 58.2 Å². The van der Waals surface area contributed by atoms with Crippen LogP contribution in [0.1, 0.15) is 109 Å². The zero-order chi connectivity index (χ0) is 43.5. The molecule has 2 aliphatic heterocycles. The molecule has 0 saturated carbocycles. The van der Waals surface area contributed by atoms with Gasteiger partial charge in [-0.05, 0) is 101 Å². The fraction of sp³-hybridized carbons (Fsp3) is 0.700. The number of carbonyl (C=O) groups is 2. The van der Waals surface area contributed by atoms with E-state index in [0.29, 0.717) is 15.9 Å². The quantitative estimate of drug-likeness (QED) is 0.0295. The Kier molecular flexibility index (Phi) is 34.9. The average molecular weight is 1170 g/mol. The second kappa shape index (κ2) is 35.1. The monoisotopic (exact) mass is 1170 g/mol. The predicted octanol–water partition coefficient (Wildman–Crippen LogP) is 10.9. The number of hydrogen-bond acceptors (Lipinski definition) is 9. The van der Waals surface area contributed by atoms with Gasteiger partial charge in [-0.3, -0.25) is 4.79 Å². The van der Waals surface area contributed by atoms with Crippen LogP contribution in [0.25, 0.3) is 0 Å². The Labute approximate surface area is 391 Å². The molecule has 10 nitrogen and oxygen atoms in total. The van der Waals surface area contributed by atoms with E-state index in [2.05, 4.69) is 100 Å². The predicted molar refractivity (Wildman–Crippen MR) is 266 cm³/mol. The van der Waals surface area contributed by atoms with Crippen molar-refractivity contribution in [3.63, 3.8) is 0 Å². The number of hydrogen-bond donors (Lipinski definition) is 0. The van der Waals surface area contributed by atoms with Crippen LogP contribution < -0.4 is 0 Å². The minimum atomic E-state index is -0.220. The molecule has 58 heavy (non-hydrogen) atoms. The summed E-state index contributed by atoms with van der Waals surface area (Å²) in [5.74, 6) is -0.0605. The van der Waals surface area contributed by atoms with Crippen LogP contribution >= 0.6 is 87.3 Å². The number of carbonyl (C=O) groups excluding carboxylic acids is 2. The van der Waals surface area contributed by atoms with Gasteiger partial charge in [-0.15, -0.1) is 0 Å². The molecule has 0 aromatic heterocycles. The van der Waals surface area contributed by atoms with Crippen molar-refractivity contribution in [2.24, 2.45) is 11.8 Å². The molecule has 18 heteroatoms. The maximum absolute atomic E-state index is 13.2. The Balaban J connectivity index is 0.000000598. The Hall–Kier alpha value is 1.75. The molecule has 0 aliphatic carbocycles. The Bertz CT molecular complexity index is 1290. The Morgan fingerprint density at radius 1 is 0.828 bits per heavy atom. The van der Waals surface area contributed by atoms with Gasteiger partial charge < -0.3 is 41.8 Å². The van der Waals surface area contributed by atoms with Gasteiger partial charge in [0.2, 0.25) is 5.91 Å². The average Bonchev–Trinajstić information content (AvgIpc) is 3.77. The fourth-order valence-electron chi connectivity index (χ4n) is 7.26. The first-order valence-corrected chi connectivity index (χ1v) is 31.3. The molecule has 1 amide bonds.